The van der Waals surface area contributed by atoms with Crippen LogP contribution < -0.4 is 10.6 Å². The van der Waals surface area contributed by atoms with Gasteiger partial charge in [0.2, 0.25) is 5.91 Å². The summed E-state index contributed by atoms with van der Waals surface area (Å²) >= 11 is 0. The van der Waals surface area contributed by atoms with E-state index < -0.39 is 11.7 Å². The average Bonchev–Trinajstić information content (AvgIpc) is 3.09. The molecule has 158 valence electrons. The molecule has 1 aromatic heterocycles. The number of alkyl carbamates (subject to hydrolysis) is 1. The van der Waals surface area contributed by atoms with Crippen LogP contribution in [0.25, 0.3) is 10.9 Å². The van der Waals surface area contributed by atoms with E-state index in [0.29, 0.717) is 18.7 Å². The van der Waals surface area contributed by atoms with E-state index in [1.807, 2.05) is 69.4 Å². The van der Waals surface area contributed by atoms with Crippen LogP contribution in [0.4, 0.5) is 10.5 Å². The van der Waals surface area contributed by atoms with Gasteiger partial charge in [-0.1, -0.05) is 37.3 Å². The third kappa shape index (κ3) is 5.86. The molecular formula is C24H29N3O3. The van der Waals surface area contributed by atoms with Crippen molar-refractivity contribution in [3.63, 3.8) is 0 Å². The van der Waals surface area contributed by atoms with E-state index in [2.05, 4.69) is 28.6 Å². The van der Waals surface area contributed by atoms with Crippen LogP contribution in [0.2, 0.25) is 0 Å². The first-order valence-electron chi connectivity index (χ1n) is 10.1. The Labute approximate surface area is 177 Å². The molecule has 1 atom stereocenters. The largest absolute Gasteiger partial charge is 0.444 e. The highest BCUT2D eigenvalue weighted by atomic mass is 16.6. The molecule has 0 aliphatic heterocycles. The fraction of sp³-hybridized carbons (Fsp3) is 0.333. The smallest absolute Gasteiger partial charge is 0.407 e. The van der Waals surface area contributed by atoms with Gasteiger partial charge >= 0.3 is 6.09 Å². The molecule has 6 heteroatoms. The number of carbonyl (C=O) groups is 2. The van der Waals surface area contributed by atoms with E-state index in [-0.39, 0.29) is 11.8 Å². The normalized spacial score (nSPS) is 12.4. The number of H-pyrrole nitrogens is 1. The summed E-state index contributed by atoms with van der Waals surface area (Å²) in [6.45, 7) is 7.83. The molecule has 6 nitrogen and oxygen atoms in total. The summed E-state index contributed by atoms with van der Waals surface area (Å²) in [7, 11) is 0. The minimum atomic E-state index is -0.540. The van der Waals surface area contributed by atoms with Crippen molar-refractivity contribution < 1.29 is 14.3 Å². The van der Waals surface area contributed by atoms with E-state index in [9.17, 15) is 9.59 Å². The summed E-state index contributed by atoms with van der Waals surface area (Å²) in [5, 5.41) is 6.83. The lowest BCUT2D eigenvalue weighted by Gasteiger charge is -2.19. The summed E-state index contributed by atoms with van der Waals surface area (Å²) in [5.74, 6) is 0.0307. The maximum Gasteiger partial charge on any atom is 0.407 e. The van der Waals surface area contributed by atoms with Gasteiger partial charge in [0.15, 0.2) is 0 Å². The highest BCUT2D eigenvalue weighted by molar-refractivity contribution is 5.92. The molecule has 0 spiro atoms. The number of aromatic nitrogens is 1. The quantitative estimate of drug-likeness (QED) is 0.517. The van der Waals surface area contributed by atoms with Gasteiger partial charge in [0.1, 0.15) is 5.60 Å². The summed E-state index contributed by atoms with van der Waals surface area (Å²) < 4.78 is 5.24. The Morgan fingerprint density at radius 3 is 2.63 bits per heavy atom. The van der Waals surface area contributed by atoms with Crippen molar-refractivity contribution in [3.8, 4) is 0 Å². The van der Waals surface area contributed by atoms with Gasteiger partial charge < -0.3 is 20.4 Å². The Morgan fingerprint density at radius 2 is 1.87 bits per heavy atom. The summed E-state index contributed by atoms with van der Waals surface area (Å²) in [4.78, 5) is 27.7. The zero-order valence-electron chi connectivity index (χ0n) is 17.9. The van der Waals surface area contributed by atoms with Crippen molar-refractivity contribution in [1.82, 2.24) is 10.3 Å². The fourth-order valence-electron chi connectivity index (χ4n) is 3.35. The fourth-order valence-corrected chi connectivity index (χ4v) is 3.35. The molecule has 0 aliphatic rings. The number of para-hydroxylation sites is 1. The van der Waals surface area contributed by atoms with Crippen molar-refractivity contribution in [2.75, 3.05) is 5.32 Å². The molecule has 0 saturated carbocycles. The molecule has 1 heterocycles. The molecule has 0 aliphatic carbocycles. The average molecular weight is 408 g/mol. The maximum absolute atomic E-state index is 12.6. The van der Waals surface area contributed by atoms with E-state index in [1.54, 1.807) is 0 Å². The number of aromatic amines is 1. The minimum Gasteiger partial charge on any atom is -0.444 e. The molecule has 30 heavy (non-hydrogen) atoms. The second-order valence-electron chi connectivity index (χ2n) is 8.50. The topological polar surface area (TPSA) is 83.2 Å². The number of ether oxygens (including phenoxy) is 1. The van der Waals surface area contributed by atoms with Crippen LogP contribution >= 0.6 is 0 Å². The molecule has 3 aromatic rings. The van der Waals surface area contributed by atoms with Gasteiger partial charge in [-0.15, -0.1) is 0 Å². The Kier molecular flexibility index (Phi) is 6.45. The predicted molar refractivity (Wildman–Crippen MR) is 119 cm³/mol. The van der Waals surface area contributed by atoms with Crippen LogP contribution in [0, 0.1) is 0 Å². The second-order valence-corrected chi connectivity index (χ2v) is 8.50. The molecule has 0 bridgehead atoms. The van der Waals surface area contributed by atoms with E-state index >= 15 is 0 Å². The van der Waals surface area contributed by atoms with Gasteiger partial charge in [-0.2, -0.15) is 0 Å². The molecule has 3 rings (SSSR count). The number of rotatable bonds is 6. The van der Waals surface area contributed by atoms with Crippen LogP contribution in [0.3, 0.4) is 0 Å². The summed E-state index contributed by atoms with van der Waals surface area (Å²) in [6.07, 6.45) is 1.89. The van der Waals surface area contributed by atoms with Crippen molar-refractivity contribution in [2.24, 2.45) is 0 Å². The van der Waals surface area contributed by atoms with Crippen molar-refractivity contribution in [2.45, 2.75) is 52.2 Å². The molecular weight excluding hydrogens is 378 g/mol. The molecule has 0 fully saturated rings. The molecule has 0 saturated heterocycles. The minimum absolute atomic E-state index is 0.0509. The second kappa shape index (κ2) is 9.03. The zero-order chi connectivity index (χ0) is 21.7. The van der Waals surface area contributed by atoms with Crippen molar-refractivity contribution >= 4 is 28.6 Å². The van der Waals surface area contributed by atoms with Gasteiger partial charge in [-0.3, -0.25) is 4.79 Å². The summed E-state index contributed by atoms with van der Waals surface area (Å²) in [6, 6.07) is 15.5. The first-order chi connectivity index (χ1) is 14.2. The number of amides is 2. The van der Waals surface area contributed by atoms with Gasteiger partial charge in [-0.25, -0.2) is 4.79 Å². The van der Waals surface area contributed by atoms with Gasteiger partial charge in [0.25, 0.3) is 0 Å². The Morgan fingerprint density at radius 1 is 1.10 bits per heavy atom. The Hall–Kier alpha value is -3.28. The van der Waals surface area contributed by atoms with Crippen molar-refractivity contribution in [3.05, 3.63) is 65.9 Å². The molecule has 0 unspecified atom stereocenters. The first-order valence-corrected chi connectivity index (χ1v) is 10.1. The highest BCUT2D eigenvalue weighted by Crippen LogP contribution is 2.27. The number of carbonyl (C=O) groups excluding carboxylic acids is 2. The van der Waals surface area contributed by atoms with Crippen LogP contribution in [-0.4, -0.2) is 22.6 Å². The van der Waals surface area contributed by atoms with Gasteiger partial charge in [0.05, 0.1) is 0 Å². The van der Waals surface area contributed by atoms with Gasteiger partial charge in [0, 0.05) is 35.8 Å². The molecule has 2 amide bonds. The van der Waals surface area contributed by atoms with Crippen LogP contribution in [-0.2, 0) is 16.1 Å². The lowest BCUT2D eigenvalue weighted by molar-refractivity contribution is -0.116. The maximum atomic E-state index is 12.6. The van der Waals surface area contributed by atoms with E-state index in [0.717, 1.165) is 22.0 Å². The number of hydrogen-bond acceptors (Lipinski definition) is 3. The number of hydrogen-bond donors (Lipinski definition) is 3. The lowest BCUT2D eigenvalue weighted by atomic mass is 9.97. The predicted octanol–water partition coefficient (Wildman–Crippen LogP) is 5.32. The Balaban J connectivity index is 1.56. The summed E-state index contributed by atoms with van der Waals surface area (Å²) in [5.41, 5.74) is 3.25. The van der Waals surface area contributed by atoms with Crippen molar-refractivity contribution in [1.29, 1.82) is 0 Å². The number of nitrogens with one attached hydrogen (secondary N) is 3. The number of fused-ring (bicyclic) bond motifs is 1. The molecule has 3 N–H and O–H groups in total. The Bertz CT molecular complexity index is 1030. The number of benzene rings is 2. The molecule has 2 aromatic carbocycles. The lowest BCUT2D eigenvalue weighted by Crippen LogP contribution is -2.32. The van der Waals surface area contributed by atoms with E-state index in [1.165, 1.54) is 0 Å². The third-order valence-electron chi connectivity index (χ3n) is 4.69. The SMILES string of the molecule is C[C@H](CC(=O)Nc1cccc(CNC(=O)OC(C)(C)C)c1)c1c[nH]c2ccccc12. The highest BCUT2D eigenvalue weighted by Gasteiger charge is 2.17. The van der Waals surface area contributed by atoms with Gasteiger partial charge in [-0.05, 0) is 56.0 Å². The zero-order valence-corrected chi connectivity index (χ0v) is 17.9. The standard InChI is InChI=1S/C24H29N3O3/c1-16(20-15-25-21-11-6-5-10-19(20)21)12-22(28)27-18-9-7-8-17(13-18)14-26-23(29)30-24(2,3)4/h5-11,13,15-16,25H,12,14H2,1-4H3,(H,26,29)(H,27,28)/t16-/m1/s1. The van der Waals surface area contributed by atoms with Crippen LogP contribution in [0.1, 0.15) is 51.2 Å². The van der Waals surface area contributed by atoms with Crippen LogP contribution in [0.5, 0.6) is 0 Å². The third-order valence-corrected chi connectivity index (χ3v) is 4.69. The van der Waals surface area contributed by atoms with E-state index in [4.69, 9.17) is 4.74 Å². The monoisotopic (exact) mass is 407 g/mol. The first kappa shape index (κ1) is 21.4. The molecule has 0 radical (unpaired) electrons. The number of anilines is 1. The van der Waals surface area contributed by atoms with Crippen LogP contribution in [0.15, 0.2) is 54.7 Å².